The highest BCUT2D eigenvalue weighted by atomic mass is 16.7. The van der Waals surface area contributed by atoms with Crippen molar-refractivity contribution < 1.29 is 19.0 Å². The van der Waals surface area contributed by atoms with Gasteiger partial charge in [-0.3, -0.25) is 4.79 Å². The summed E-state index contributed by atoms with van der Waals surface area (Å²) in [5.41, 5.74) is -0.520. The summed E-state index contributed by atoms with van der Waals surface area (Å²) in [5.74, 6) is 0.233. The molecule has 4 rings (SSSR count). The van der Waals surface area contributed by atoms with Gasteiger partial charge in [-0.05, 0) is 26.7 Å². The molecule has 4 aliphatic rings. The minimum absolute atomic E-state index is 0.0864. The van der Waals surface area contributed by atoms with Crippen LogP contribution in [0.4, 0.5) is 0 Å². The SMILES string of the molecule is CCOC1C[C@]23[C@H]4O[C@]2(C)CC[C@@]3(CC4=O)O1. The Hall–Kier alpha value is -0.450. The van der Waals surface area contributed by atoms with Gasteiger partial charge in [0.15, 0.2) is 12.1 Å². The minimum atomic E-state index is -0.276. The summed E-state index contributed by atoms with van der Waals surface area (Å²) in [4.78, 5) is 12.0. The second-order valence-corrected chi connectivity index (χ2v) is 6.04. The number of hydrogen-bond donors (Lipinski definition) is 0. The Labute approximate surface area is 101 Å². The predicted molar refractivity (Wildman–Crippen MR) is 58.4 cm³/mol. The topological polar surface area (TPSA) is 44.8 Å². The molecule has 0 amide bonds. The standard InChI is InChI=1S/C13H18O4/c1-3-15-9-7-13-10-8(14)6-12(13,16-9)5-4-11(13,2)17-10/h9-10H,3-7H2,1-2H3/t9?,10-,11+,12-,13-/m0/s1. The van der Waals surface area contributed by atoms with Gasteiger partial charge >= 0.3 is 0 Å². The van der Waals surface area contributed by atoms with Gasteiger partial charge in [-0.2, -0.15) is 0 Å². The lowest BCUT2D eigenvalue weighted by Gasteiger charge is -2.56. The highest BCUT2D eigenvalue weighted by Gasteiger charge is 2.86. The maximum Gasteiger partial charge on any atom is 0.165 e. The van der Waals surface area contributed by atoms with Gasteiger partial charge in [-0.15, -0.1) is 0 Å². The van der Waals surface area contributed by atoms with Gasteiger partial charge in [-0.1, -0.05) is 0 Å². The van der Waals surface area contributed by atoms with E-state index in [2.05, 4.69) is 6.92 Å². The Balaban J connectivity index is 1.77. The van der Waals surface area contributed by atoms with Crippen LogP contribution in [0, 0.1) is 5.41 Å². The first kappa shape index (κ1) is 10.5. The molecule has 0 aromatic rings. The molecule has 2 aliphatic heterocycles. The average molecular weight is 238 g/mol. The van der Waals surface area contributed by atoms with Crippen molar-refractivity contribution in [3.63, 3.8) is 0 Å². The molecule has 0 N–H and O–H groups in total. The Morgan fingerprint density at radius 1 is 1.41 bits per heavy atom. The van der Waals surface area contributed by atoms with Gasteiger partial charge in [-0.25, -0.2) is 0 Å². The zero-order valence-corrected chi connectivity index (χ0v) is 10.3. The first-order valence-electron chi connectivity index (χ1n) is 6.57. The first-order chi connectivity index (χ1) is 8.07. The number of ether oxygens (including phenoxy) is 3. The zero-order chi connectivity index (χ0) is 11.9. The average Bonchev–Trinajstić information content (AvgIpc) is 2.73. The molecule has 0 radical (unpaired) electrons. The summed E-state index contributed by atoms with van der Waals surface area (Å²) in [5, 5.41) is 0. The van der Waals surface area contributed by atoms with E-state index in [9.17, 15) is 4.79 Å². The van der Waals surface area contributed by atoms with Crippen molar-refractivity contribution in [3.05, 3.63) is 0 Å². The molecule has 0 aromatic heterocycles. The quantitative estimate of drug-likeness (QED) is 0.730. The molecule has 2 heterocycles. The Bertz CT molecular complexity index is 408. The number of carbonyl (C=O) groups excluding carboxylic acids is 1. The lowest BCUT2D eigenvalue weighted by molar-refractivity contribution is -0.289. The molecular formula is C13H18O4. The van der Waals surface area contributed by atoms with Crippen LogP contribution in [0.1, 0.15) is 39.5 Å². The Kier molecular flexibility index (Phi) is 1.70. The van der Waals surface area contributed by atoms with Gasteiger partial charge in [0.2, 0.25) is 0 Å². The van der Waals surface area contributed by atoms with E-state index in [1.807, 2.05) is 6.92 Å². The Morgan fingerprint density at radius 3 is 2.94 bits per heavy atom. The van der Waals surface area contributed by atoms with E-state index in [-0.39, 0.29) is 34.8 Å². The van der Waals surface area contributed by atoms with Crippen LogP contribution in [0.25, 0.3) is 0 Å². The fraction of sp³-hybridized carbons (Fsp3) is 0.923. The van der Waals surface area contributed by atoms with Gasteiger partial charge < -0.3 is 14.2 Å². The fourth-order valence-electron chi connectivity index (χ4n) is 4.86. The summed E-state index contributed by atoms with van der Waals surface area (Å²) < 4.78 is 17.7. The lowest BCUT2D eigenvalue weighted by Crippen LogP contribution is -2.67. The molecule has 1 unspecified atom stereocenters. The van der Waals surface area contributed by atoms with E-state index in [4.69, 9.17) is 14.2 Å². The van der Waals surface area contributed by atoms with Crippen molar-refractivity contribution in [2.24, 2.45) is 5.41 Å². The maximum absolute atomic E-state index is 12.0. The van der Waals surface area contributed by atoms with Gasteiger partial charge in [0.05, 0.1) is 16.6 Å². The molecule has 4 fully saturated rings. The van der Waals surface area contributed by atoms with E-state index in [0.717, 1.165) is 19.3 Å². The molecule has 1 spiro atoms. The van der Waals surface area contributed by atoms with Crippen LogP contribution in [0.3, 0.4) is 0 Å². The van der Waals surface area contributed by atoms with Crippen molar-refractivity contribution in [2.45, 2.75) is 63.1 Å². The molecule has 5 atom stereocenters. The van der Waals surface area contributed by atoms with Crippen LogP contribution in [-0.2, 0) is 19.0 Å². The highest BCUT2D eigenvalue weighted by Crippen LogP contribution is 2.75. The largest absolute Gasteiger partial charge is 0.363 e. The van der Waals surface area contributed by atoms with E-state index >= 15 is 0 Å². The summed E-state index contributed by atoms with van der Waals surface area (Å²) >= 11 is 0. The molecule has 17 heavy (non-hydrogen) atoms. The summed E-state index contributed by atoms with van der Waals surface area (Å²) in [6.45, 7) is 4.78. The molecule has 0 bridgehead atoms. The monoisotopic (exact) mass is 238 g/mol. The zero-order valence-electron chi connectivity index (χ0n) is 10.3. The fourth-order valence-corrected chi connectivity index (χ4v) is 4.86. The van der Waals surface area contributed by atoms with E-state index < -0.39 is 0 Å². The van der Waals surface area contributed by atoms with Crippen molar-refractivity contribution in [1.82, 2.24) is 0 Å². The van der Waals surface area contributed by atoms with E-state index in [1.54, 1.807) is 0 Å². The molecule has 4 nitrogen and oxygen atoms in total. The Morgan fingerprint density at radius 2 is 2.24 bits per heavy atom. The molecule has 2 saturated heterocycles. The molecule has 2 saturated carbocycles. The van der Waals surface area contributed by atoms with Crippen LogP contribution >= 0.6 is 0 Å². The van der Waals surface area contributed by atoms with E-state index in [1.165, 1.54) is 0 Å². The van der Waals surface area contributed by atoms with Crippen molar-refractivity contribution in [2.75, 3.05) is 6.61 Å². The number of rotatable bonds is 2. The third-order valence-corrected chi connectivity index (χ3v) is 5.54. The molecule has 2 aliphatic carbocycles. The number of hydrogen-bond acceptors (Lipinski definition) is 4. The van der Waals surface area contributed by atoms with E-state index in [0.29, 0.717) is 13.0 Å². The number of ketones is 1. The first-order valence-corrected chi connectivity index (χ1v) is 6.57. The highest BCUT2D eigenvalue weighted by molar-refractivity contribution is 5.91. The van der Waals surface area contributed by atoms with Crippen LogP contribution < -0.4 is 0 Å². The predicted octanol–water partition coefficient (Wildman–Crippen LogP) is 1.42. The van der Waals surface area contributed by atoms with Crippen molar-refractivity contribution in [1.29, 1.82) is 0 Å². The molecule has 4 heteroatoms. The normalized spacial score (nSPS) is 59.1. The van der Waals surface area contributed by atoms with Crippen molar-refractivity contribution in [3.8, 4) is 0 Å². The summed E-state index contributed by atoms with van der Waals surface area (Å²) in [6, 6.07) is 0. The number of Topliss-reactive ketones (excluding diaryl/α,β-unsaturated/α-hetero) is 1. The van der Waals surface area contributed by atoms with Gasteiger partial charge in [0, 0.05) is 19.4 Å². The molecule has 0 aromatic carbocycles. The second kappa shape index (κ2) is 2.76. The van der Waals surface area contributed by atoms with Crippen LogP contribution in [0.2, 0.25) is 0 Å². The maximum atomic E-state index is 12.0. The van der Waals surface area contributed by atoms with Gasteiger partial charge in [0.1, 0.15) is 6.10 Å². The van der Waals surface area contributed by atoms with Crippen LogP contribution in [0.5, 0.6) is 0 Å². The summed E-state index contributed by atoms with van der Waals surface area (Å²) in [7, 11) is 0. The molecular weight excluding hydrogens is 220 g/mol. The number of carbonyl (C=O) groups is 1. The third-order valence-electron chi connectivity index (χ3n) is 5.54. The second-order valence-electron chi connectivity index (χ2n) is 6.04. The smallest absolute Gasteiger partial charge is 0.165 e. The minimum Gasteiger partial charge on any atom is -0.363 e. The lowest BCUT2D eigenvalue weighted by atomic mass is 9.62. The van der Waals surface area contributed by atoms with Gasteiger partial charge in [0.25, 0.3) is 0 Å². The van der Waals surface area contributed by atoms with Crippen LogP contribution in [-0.4, -0.2) is 36.0 Å². The van der Waals surface area contributed by atoms with Crippen molar-refractivity contribution >= 4 is 5.78 Å². The van der Waals surface area contributed by atoms with Crippen LogP contribution in [0.15, 0.2) is 0 Å². The summed E-state index contributed by atoms with van der Waals surface area (Å²) in [6.07, 6.45) is 2.94. The molecule has 94 valence electrons. The third kappa shape index (κ3) is 0.862.